The lowest BCUT2D eigenvalue weighted by Crippen LogP contribution is -2.02. The van der Waals surface area contributed by atoms with E-state index in [1.807, 2.05) is 31.2 Å². The van der Waals surface area contributed by atoms with Gasteiger partial charge >= 0.3 is 0 Å². The molecule has 0 radical (unpaired) electrons. The topological polar surface area (TPSA) is 32.9 Å². The van der Waals surface area contributed by atoms with E-state index in [-0.39, 0.29) is 5.56 Å². The van der Waals surface area contributed by atoms with E-state index in [0.717, 1.165) is 22.0 Å². The third-order valence-corrected chi connectivity index (χ3v) is 2.23. The van der Waals surface area contributed by atoms with E-state index in [4.69, 9.17) is 0 Å². The van der Waals surface area contributed by atoms with Crippen molar-refractivity contribution in [3.8, 4) is 0 Å². The fourth-order valence-electron chi connectivity index (χ4n) is 1.56. The zero-order chi connectivity index (χ0) is 10.1. The summed E-state index contributed by atoms with van der Waals surface area (Å²) in [6.45, 7) is 5.86. The molecule has 2 rings (SSSR count). The summed E-state index contributed by atoms with van der Waals surface area (Å²) >= 11 is 0. The highest BCUT2D eigenvalue weighted by Gasteiger charge is 2.00. The van der Waals surface area contributed by atoms with Crippen LogP contribution < -0.4 is 5.56 Å². The van der Waals surface area contributed by atoms with Crippen molar-refractivity contribution in [2.24, 2.45) is 0 Å². The van der Waals surface area contributed by atoms with E-state index in [1.165, 1.54) is 6.07 Å². The number of fused-ring (bicyclic) bond motifs is 1. The fraction of sp³-hybridized carbons (Fsp3) is 0.0833. The number of aromatic nitrogens is 1. The Morgan fingerprint density at radius 1 is 1.29 bits per heavy atom. The molecule has 1 aromatic carbocycles. The Kier molecular flexibility index (Phi) is 1.97. The van der Waals surface area contributed by atoms with Gasteiger partial charge in [-0.25, -0.2) is 0 Å². The molecule has 0 atom stereocenters. The van der Waals surface area contributed by atoms with E-state index in [2.05, 4.69) is 11.6 Å². The molecular formula is C12H11NO. The molecule has 0 aliphatic carbocycles. The summed E-state index contributed by atoms with van der Waals surface area (Å²) in [7, 11) is 0. The summed E-state index contributed by atoms with van der Waals surface area (Å²) in [6, 6.07) is 9.18. The summed E-state index contributed by atoms with van der Waals surface area (Å²) in [5.41, 5.74) is 2.87. The number of nitrogens with one attached hydrogen (secondary N) is 1. The van der Waals surface area contributed by atoms with Crippen LogP contribution in [-0.4, -0.2) is 4.98 Å². The van der Waals surface area contributed by atoms with Crippen molar-refractivity contribution < 1.29 is 0 Å². The maximum absolute atomic E-state index is 11.1. The van der Waals surface area contributed by atoms with Gasteiger partial charge < -0.3 is 4.98 Å². The van der Waals surface area contributed by atoms with Crippen LogP contribution in [0.15, 0.2) is 41.7 Å². The van der Waals surface area contributed by atoms with E-state index in [9.17, 15) is 4.79 Å². The number of hydrogen-bond donors (Lipinski definition) is 1. The molecule has 0 amide bonds. The largest absolute Gasteiger partial charge is 0.322 e. The second-order valence-corrected chi connectivity index (χ2v) is 3.37. The maximum Gasteiger partial charge on any atom is 0.248 e. The minimum absolute atomic E-state index is 0.0728. The Bertz CT molecular complexity index is 551. The molecule has 0 unspecified atom stereocenters. The molecule has 70 valence electrons. The van der Waals surface area contributed by atoms with Crippen LogP contribution in [0.3, 0.4) is 0 Å². The highest BCUT2D eigenvalue weighted by molar-refractivity contribution is 5.90. The van der Waals surface area contributed by atoms with Crippen LogP contribution in [-0.2, 0) is 0 Å². The van der Waals surface area contributed by atoms with E-state index >= 15 is 0 Å². The molecule has 0 fully saturated rings. The smallest absolute Gasteiger partial charge is 0.248 e. The average Bonchev–Trinajstić information content (AvgIpc) is 2.16. The molecule has 1 N–H and O–H groups in total. The lowest BCUT2D eigenvalue weighted by atomic mass is 10.0. The average molecular weight is 185 g/mol. The Morgan fingerprint density at radius 3 is 2.79 bits per heavy atom. The molecule has 0 spiro atoms. The SMILES string of the molecule is C=C(C)c1cccc2[nH]c(=O)ccc12. The summed E-state index contributed by atoms with van der Waals surface area (Å²) in [6.07, 6.45) is 0. The van der Waals surface area contributed by atoms with Gasteiger partial charge in [0.15, 0.2) is 0 Å². The molecule has 0 aliphatic rings. The van der Waals surface area contributed by atoms with Gasteiger partial charge in [0, 0.05) is 17.0 Å². The van der Waals surface area contributed by atoms with Crippen molar-refractivity contribution in [1.29, 1.82) is 0 Å². The van der Waals surface area contributed by atoms with Gasteiger partial charge in [0.1, 0.15) is 0 Å². The number of aromatic amines is 1. The molecule has 2 heteroatoms. The summed E-state index contributed by atoms with van der Waals surface area (Å²) < 4.78 is 0. The minimum atomic E-state index is -0.0728. The number of rotatable bonds is 1. The highest BCUT2D eigenvalue weighted by Crippen LogP contribution is 2.21. The van der Waals surface area contributed by atoms with Crippen molar-refractivity contribution in [2.45, 2.75) is 6.92 Å². The molecule has 0 aliphatic heterocycles. The Balaban J connectivity index is 2.88. The zero-order valence-corrected chi connectivity index (χ0v) is 8.00. The van der Waals surface area contributed by atoms with Crippen molar-refractivity contribution in [2.75, 3.05) is 0 Å². The Hall–Kier alpha value is -1.83. The number of pyridine rings is 1. The summed E-state index contributed by atoms with van der Waals surface area (Å²) in [5.74, 6) is 0. The first-order chi connectivity index (χ1) is 6.68. The normalized spacial score (nSPS) is 10.4. The van der Waals surface area contributed by atoms with Gasteiger partial charge in [-0.2, -0.15) is 0 Å². The Morgan fingerprint density at radius 2 is 2.07 bits per heavy atom. The molecule has 1 aromatic heterocycles. The predicted molar refractivity (Wildman–Crippen MR) is 59.3 cm³/mol. The van der Waals surface area contributed by atoms with Gasteiger partial charge in [-0.1, -0.05) is 24.3 Å². The van der Waals surface area contributed by atoms with Gasteiger partial charge in [0.2, 0.25) is 5.56 Å². The highest BCUT2D eigenvalue weighted by atomic mass is 16.1. The molecule has 1 heterocycles. The van der Waals surface area contributed by atoms with Crippen molar-refractivity contribution in [3.63, 3.8) is 0 Å². The molecule has 0 saturated carbocycles. The first-order valence-corrected chi connectivity index (χ1v) is 4.46. The van der Waals surface area contributed by atoms with Crippen molar-refractivity contribution >= 4 is 16.5 Å². The summed E-state index contributed by atoms with van der Waals surface area (Å²) in [5, 5.41) is 1.04. The molecular weight excluding hydrogens is 174 g/mol. The van der Waals surface area contributed by atoms with Gasteiger partial charge in [0.25, 0.3) is 0 Å². The van der Waals surface area contributed by atoms with Crippen LogP contribution in [0.1, 0.15) is 12.5 Å². The van der Waals surface area contributed by atoms with Crippen LogP contribution >= 0.6 is 0 Å². The van der Waals surface area contributed by atoms with Crippen molar-refractivity contribution in [3.05, 3.63) is 52.8 Å². The number of allylic oxidation sites excluding steroid dienone is 1. The minimum Gasteiger partial charge on any atom is -0.322 e. The van der Waals surface area contributed by atoms with Gasteiger partial charge in [-0.3, -0.25) is 4.79 Å². The quantitative estimate of drug-likeness (QED) is 0.727. The van der Waals surface area contributed by atoms with Crippen LogP contribution in [0.2, 0.25) is 0 Å². The van der Waals surface area contributed by atoms with Gasteiger partial charge in [0.05, 0.1) is 0 Å². The van der Waals surface area contributed by atoms with Crippen LogP contribution in [0.25, 0.3) is 16.5 Å². The van der Waals surface area contributed by atoms with Crippen LogP contribution in [0.4, 0.5) is 0 Å². The first kappa shape index (κ1) is 8.75. The molecule has 0 bridgehead atoms. The number of benzene rings is 1. The molecule has 0 saturated heterocycles. The third kappa shape index (κ3) is 1.35. The van der Waals surface area contributed by atoms with E-state index < -0.39 is 0 Å². The van der Waals surface area contributed by atoms with E-state index in [1.54, 1.807) is 0 Å². The first-order valence-electron chi connectivity index (χ1n) is 4.46. The number of hydrogen-bond acceptors (Lipinski definition) is 1. The second-order valence-electron chi connectivity index (χ2n) is 3.37. The lowest BCUT2D eigenvalue weighted by Gasteiger charge is -2.04. The predicted octanol–water partition coefficient (Wildman–Crippen LogP) is 2.56. The van der Waals surface area contributed by atoms with Gasteiger partial charge in [-0.05, 0) is 24.6 Å². The maximum atomic E-state index is 11.1. The molecule has 14 heavy (non-hydrogen) atoms. The zero-order valence-electron chi connectivity index (χ0n) is 8.00. The fourth-order valence-corrected chi connectivity index (χ4v) is 1.56. The van der Waals surface area contributed by atoms with E-state index in [0.29, 0.717) is 0 Å². The Labute approximate surface area is 81.9 Å². The van der Waals surface area contributed by atoms with Crippen molar-refractivity contribution in [1.82, 2.24) is 4.98 Å². The third-order valence-electron chi connectivity index (χ3n) is 2.23. The number of H-pyrrole nitrogens is 1. The standard InChI is InChI=1S/C12H11NO/c1-8(2)9-4-3-5-11-10(9)6-7-12(14)13-11/h3-7H,1H2,2H3,(H,13,14). The lowest BCUT2D eigenvalue weighted by molar-refractivity contribution is 1.30. The molecule has 2 aromatic rings. The molecule has 2 nitrogen and oxygen atoms in total. The van der Waals surface area contributed by atoms with Crippen LogP contribution in [0, 0.1) is 0 Å². The second kappa shape index (κ2) is 3.14. The van der Waals surface area contributed by atoms with Crippen LogP contribution in [0.5, 0.6) is 0 Å². The monoisotopic (exact) mass is 185 g/mol. The van der Waals surface area contributed by atoms with Gasteiger partial charge in [-0.15, -0.1) is 0 Å². The summed E-state index contributed by atoms with van der Waals surface area (Å²) in [4.78, 5) is 13.9.